The summed E-state index contributed by atoms with van der Waals surface area (Å²) in [5.74, 6) is 0.878. The highest BCUT2D eigenvalue weighted by molar-refractivity contribution is 5.30. The topological polar surface area (TPSA) is 38.5 Å². The molecule has 3 nitrogen and oxygen atoms in total. The zero-order valence-corrected chi connectivity index (χ0v) is 9.03. The Morgan fingerprint density at radius 2 is 2.14 bits per heavy atom. The number of nitrogens with two attached hydrogens (primary N) is 1. The lowest BCUT2D eigenvalue weighted by Crippen LogP contribution is -2.27. The van der Waals surface area contributed by atoms with Gasteiger partial charge in [-0.2, -0.15) is 0 Å². The minimum absolute atomic E-state index is 0.255. The lowest BCUT2D eigenvalue weighted by atomic mass is 10.1. The molecule has 1 unspecified atom stereocenters. The highest BCUT2D eigenvalue weighted by atomic mass is 16.5. The highest BCUT2D eigenvalue weighted by Gasteiger charge is 2.11. The fourth-order valence-electron chi connectivity index (χ4n) is 1.49. The van der Waals surface area contributed by atoms with Gasteiger partial charge in [0.05, 0.1) is 7.11 Å². The molecule has 1 aromatic carbocycles. The zero-order valence-electron chi connectivity index (χ0n) is 9.03. The average molecular weight is 194 g/mol. The van der Waals surface area contributed by atoms with Gasteiger partial charge in [0.2, 0.25) is 0 Å². The van der Waals surface area contributed by atoms with Crippen molar-refractivity contribution in [2.75, 3.05) is 27.7 Å². The van der Waals surface area contributed by atoms with E-state index >= 15 is 0 Å². The molecule has 1 aromatic rings. The normalized spacial score (nSPS) is 12.9. The third-order valence-electron chi connectivity index (χ3n) is 2.33. The van der Waals surface area contributed by atoms with Gasteiger partial charge in [0.1, 0.15) is 5.75 Å². The number of hydrogen-bond acceptors (Lipinski definition) is 3. The van der Waals surface area contributed by atoms with Crippen LogP contribution in [0, 0.1) is 0 Å². The SMILES string of the molecule is COc1cccc(C(CN)N(C)C)c1. The fourth-order valence-corrected chi connectivity index (χ4v) is 1.49. The maximum atomic E-state index is 5.71. The van der Waals surface area contributed by atoms with Crippen LogP contribution in [-0.2, 0) is 0 Å². The maximum absolute atomic E-state index is 5.71. The summed E-state index contributed by atoms with van der Waals surface area (Å²) in [6.45, 7) is 0.611. The lowest BCUT2D eigenvalue weighted by Gasteiger charge is -2.23. The summed E-state index contributed by atoms with van der Waals surface area (Å²) in [4.78, 5) is 2.11. The van der Waals surface area contributed by atoms with E-state index in [0.29, 0.717) is 6.54 Å². The number of hydrogen-bond donors (Lipinski definition) is 1. The van der Waals surface area contributed by atoms with Crippen molar-refractivity contribution < 1.29 is 4.74 Å². The molecule has 0 aromatic heterocycles. The molecule has 0 saturated carbocycles. The lowest BCUT2D eigenvalue weighted by molar-refractivity contribution is 0.305. The third kappa shape index (κ3) is 2.47. The third-order valence-corrected chi connectivity index (χ3v) is 2.33. The van der Waals surface area contributed by atoms with Crippen LogP contribution in [0.4, 0.5) is 0 Å². The quantitative estimate of drug-likeness (QED) is 0.784. The second kappa shape index (κ2) is 4.98. The van der Waals surface area contributed by atoms with Crippen LogP contribution in [0.2, 0.25) is 0 Å². The summed E-state index contributed by atoms with van der Waals surface area (Å²) < 4.78 is 5.17. The monoisotopic (exact) mass is 194 g/mol. The first kappa shape index (κ1) is 11.0. The van der Waals surface area contributed by atoms with Crippen LogP contribution >= 0.6 is 0 Å². The number of nitrogens with zero attached hydrogens (tertiary/aromatic N) is 1. The van der Waals surface area contributed by atoms with Crippen molar-refractivity contribution in [3.63, 3.8) is 0 Å². The Labute approximate surface area is 85.5 Å². The molecule has 0 aliphatic rings. The van der Waals surface area contributed by atoms with Crippen molar-refractivity contribution >= 4 is 0 Å². The van der Waals surface area contributed by atoms with Crippen LogP contribution in [0.5, 0.6) is 5.75 Å². The molecular formula is C11H18N2O. The Bertz CT molecular complexity index is 286. The van der Waals surface area contributed by atoms with E-state index in [9.17, 15) is 0 Å². The second-order valence-electron chi connectivity index (χ2n) is 3.49. The molecular weight excluding hydrogens is 176 g/mol. The molecule has 0 aliphatic heterocycles. The summed E-state index contributed by atoms with van der Waals surface area (Å²) >= 11 is 0. The van der Waals surface area contributed by atoms with Gasteiger partial charge in [-0.25, -0.2) is 0 Å². The standard InChI is InChI=1S/C11H18N2O/c1-13(2)11(8-12)9-5-4-6-10(7-9)14-3/h4-7,11H,8,12H2,1-3H3. The first-order valence-electron chi connectivity index (χ1n) is 4.69. The minimum atomic E-state index is 0.255. The van der Waals surface area contributed by atoms with Gasteiger partial charge >= 0.3 is 0 Å². The highest BCUT2D eigenvalue weighted by Crippen LogP contribution is 2.21. The molecule has 0 amide bonds. The van der Waals surface area contributed by atoms with E-state index in [0.717, 1.165) is 5.75 Å². The minimum Gasteiger partial charge on any atom is -0.497 e. The Kier molecular flexibility index (Phi) is 3.92. The van der Waals surface area contributed by atoms with Gasteiger partial charge in [0.15, 0.2) is 0 Å². The van der Waals surface area contributed by atoms with E-state index in [-0.39, 0.29) is 6.04 Å². The molecule has 78 valence electrons. The van der Waals surface area contributed by atoms with E-state index in [1.54, 1.807) is 7.11 Å². The molecule has 0 bridgehead atoms. The molecule has 1 rings (SSSR count). The Morgan fingerprint density at radius 3 is 2.64 bits per heavy atom. The maximum Gasteiger partial charge on any atom is 0.119 e. The predicted octanol–water partition coefficient (Wildman–Crippen LogP) is 1.26. The Morgan fingerprint density at radius 1 is 1.43 bits per heavy atom. The van der Waals surface area contributed by atoms with E-state index in [1.165, 1.54) is 5.56 Å². The first-order valence-corrected chi connectivity index (χ1v) is 4.69. The van der Waals surface area contributed by atoms with Crippen molar-refractivity contribution in [3.8, 4) is 5.75 Å². The van der Waals surface area contributed by atoms with Crippen molar-refractivity contribution in [1.82, 2.24) is 4.90 Å². The second-order valence-corrected chi connectivity index (χ2v) is 3.49. The van der Waals surface area contributed by atoms with E-state index in [4.69, 9.17) is 10.5 Å². The van der Waals surface area contributed by atoms with Gasteiger partial charge in [0, 0.05) is 12.6 Å². The summed E-state index contributed by atoms with van der Waals surface area (Å²) in [7, 11) is 5.72. The van der Waals surface area contributed by atoms with Crippen molar-refractivity contribution in [2.45, 2.75) is 6.04 Å². The van der Waals surface area contributed by atoms with Crippen LogP contribution in [0.3, 0.4) is 0 Å². The largest absolute Gasteiger partial charge is 0.497 e. The van der Waals surface area contributed by atoms with Crippen LogP contribution in [0.1, 0.15) is 11.6 Å². The number of ether oxygens (including phenoxy) is 1. The molecule has 0 spiro atoms. The summed E-state index contributed by atoms with van der Waals surface area (Å²) in [5.41, 5.74) is 6.91. The fraction of sp³-hybridized carbons (Fsp3) is 0.455. The van der Waals surface area contributed by atoms with Crippen molar-refractivity contribution in [1.29, 1.82) is 0 Å². The van der Waals surface area contributed by atoms with Crippen LogP contribution in [0.25, 0.3) is 0 Å². The molecule has 0 saturated heterocycles. The molecule has 0 aliphatic carbocycles. The number of benzene rings is 1. The summed E-state index contributed by atoms with van der Waals surface area (Å²) in [6, 6.07) is 8.27. The van der Waals surface area contributed by atoms with Gasteiger partial charge in [0.25, 0.3) is 0 Å². The molecule has 0 heterocycles. The van der Waals surface area contributed by atoms with Crippen molar-refractivity contribution in [2.24, 2.45) is 5.73 Å². The molecule has 0 radical (unpaired) electrons. The summed E-state index contributed by atoms with van der Waals surface area (Å²) in [5, 5.41) is 0. The van der Waals surface area contributed by atoms with Crippen molar-refractivity contribution in [3.05, 3.63) is 29.8 Å². The van der Waals surface area contributed by atoms with E-state index in [1.807, 2.05) is 32.3 Å². The van der Waals surface area contributed by atoms with Gasteiger partial charge in [-0.05, 0) is 31.8 Å². The first-order chi connectivity index (χ1) is 6.69. The van der Waals surface area contributed by atoms with E-state index < -0.39 is 0 Å². The molecule has 14 heavy (non-hydrogen) atoms. The van der Waals surface area contributed by atoms with Gasteiger partial charge in [-0.15, -0.1) is 0 Å². The molecule has 3 heteroatoms. The zero-order chi connectivity index (χ0) is 10.6. The summed E-state index contributed by atoms with van der Waals surface area (Å²) in [6.07, 6.45) is 0. The van der Waals surface area contributed by atoms with Gasteiger partial charge < -0.3 is 15.4 Å². The smallest absolute Gasteiger partial charge is 0.119 e. The molecule has 1 atom stereocenters. The Hall–Kier alpha value is -1.06. The number of rotatable bonds is 4. The molecule has 0 fully saturated rings. The Balaban J connectivity index is 2.92. The molecule has 2 N–H and O–H groups in total. The van der Waals surface area contributed by atoms with Crippen LogP contribution in [0.15, 0.2) is 24.3 Å². The van der Waals surface area contributed by atoms with Gasteiger partial charge in [-0.3, -0.25) is 0 Å². The average Bonchev–Trinajstić information content (AvgIpc) is 2.19. The van der Waals surface area contributed by atoms with Crippen LogP contribution in [-0.4, -0.2) is 32.6 Å². The van der Waals surface area contributed by atoms with Crippen LogP contribution < -0.4 is 10.5 Å². The predicted molar refractivity (Wildman–Crippen MR) is 58.5 cm³/mol. The van der Waals surface area contributed by atoms with Gasteiger partial charge in [-0.1, -0.05) is 12.1 Å². The van der Waals surface area contributed by atoms with E-state index in [2.05, 4.69) is 11.0 Å². The number of methoxy groups -OCH3 is 1. The number of likely N-dealkylation sites (N-methyl/N-ethyl adjacent to an activating group) is 1.